The van der Waals surface area contributed by atoms with Crippen molar-refractivity contribution in [3.8, 4) is 0 Å². The fraction of sp³-hybridized carbons (Fsp3) is 0.250. The third kappa shape index (κ3) is 1.77. The Labute approximate surface area is 87.0 Å². The molecule has 0 aliphatic heterocycles. The lowest BCUT2D eigenvalue weighted by Crippen LogP contribution is -1.92. The van der Waals surface area contributed by atoms with Crippen molar-refractivity contribution in [2.75, 3.05) is 0 Å². The van der Waals surface area contributed by atoms with Crippen LogP contribution in [-0.2, 0) is 11.2 Å². The van der Waals surface area contributed by atoms with E-state index < -0.39 is 5.97 Å². The number of halogens is 1. The zero-order valence-electron chi connectivity index (χ0n) is 8.38. The van der Waals surface area contributed by atoms with Crippen LogP contribution >= 0.6 is 0 Å². The molecule has 1 aromatic carbocycles. The lowest BCUT2D eigenvalue weighted by atomic mass is 10.0. The van der Waals surface area contributed by atoms with Gasteiger partial charge in [-0.1, -0.05) is 0 Å². The van der Waals surface area contributed by atoms with Crippen LogP contribution in [0.4, 0.5) is 4.39 Å². The quantitative estimate of drug-likeness (QED) is 0.717. The molecule has 1 aliphatic rings. The molecule has 2 rings (SSSR count). The van der Waals surface area contributed by atoms with Crippen LogP contribution in [0.2, 0.25) is 0 Å². The number of hydrogen-bond acceptors (Lipinski definition) is 1. The molecule has 0 saturated heterocycles. The second-order valence-corrected chi connectivity index (χ2v) is 3.76. The third-order valence-electron chi connectivity index (χ3n) is 2.73. The van der Waals surface area contributed by atoms with Gasteiger partial charge in [-0.2, -0.15) is 0 Å². The van der Waals surface area contributed by atoms with Gasteiger partial charge in [0.25, 0.3) is 0 Å². The van der Waals surface area contributed by atoms with Crippen molar-refractivity contribution < 1.29 is 14.3 Å². The van der Waals surface area contributed by atoms with Crippen molar-refractivity contribution in [1.29, 1.82) is 0 Å². The first-order valence-corrected chi connectivity index (χ1v) is 4.81. The Morgan fingerprint density at radius 3 is 2.87 bits per heavy atom. The summed E-state index contributed by atoms with van der Waals surface area (Å²) in [6, 6.07) is 2.91. The summed E-state index contributed by atoms with van der Waals surface area (Å²) in [6.07, 6.45) is 2.66. The molecule has 0 heterocycles. The molecule has 3 heteroatoms. The number of benzene rings is 1. The fourth-order valence-electron chi connectivity index (χ4n) is 2.08. The van der Waals surface area contributed by atoms with Crippen LogP contribution in [0.25, 0.3) is 5.57 Å². The topological polar surface area (TPSA) is 37.3 Å². The molecule has 0 aromatic heterocycles. The molecule has 1 aromatic rings. The molecule has 0 saturated carbocycles. The fourth-order valence-corrected chi connectivity index (χ4v) is 2.08. The predicted octanol–water partition coefficient (Wildman–Crippen LogP) is 2.55. The first-order valence-electron chi connectivity index (χ1n) is 4.81. The van der Waals surface area contributed by atoms with Crippen LogP contribution < -0.4 is 0 Å². The molecule has 1 aliphatic carbocycles. The average molecular weight is 206 g/mol. The van der Waals surface area contributed by atoms with E-state index in [1.165, 1.54) is 18.2 Å². The highest BCUT2D eigenvalue weighted by Gasteiger charge is 2.19. The number of aryl methyl sites for hydroxylation is 1. The van der Waals surface area contributed by atoms with Crippen LogP contribution in [-0.4, -0.2) is 11.1 Å². The monoisotopic (exact) mass is 206 g/mol. The normalized spacial score (nSPS) is 16.8. The number of carboxylic acid groups (broad SMARTS) is 1. The average Bonchev–Trinajstić information content (AvgIpc) is 2.48. The van der Waals surface area contributed by atoms with Gasteiger partial charge in [0.05, 0.1) is 0 Å². The molecule has 78 valence electrons. The molecular weight excluding hydrogens is 195 g/mol. The van der Waals surface area contributed by atoms with E-state index in [4.69, 9.17) is 5.11 Å². The number of carboxylic acids is 1. The molecule has 0 bridgehead atoms. The van der Waals surface area contributed by atoms with Gasteiger partial charge in [0.1, 0.15) is 5.82 Å². The maximum atomic E-state index is 13.2. The number of rotatable bonds is 1. The van der Waals surface area contributed by atoms with Crippen LogP contribution in [0, 0.1) is 12.7 Å². The molecule has 0 fully saturated rings. The van der Waals surface area contributed by atoms with Gasteiger partial charge in [-0.3, -0.25) is 0 Å². The minimum Gasteiger partial charge on any atom is -0.478 e. The number of fused-ring (bicyclic) bond motifs is 1. The predicted molar refractivity (Wildman–Crippen MR) is 55.1 cm³/mol. The van der Waals surface area contributed by atoms with E-state index >= 15 is 0 Å². The summed E-state index contributed by atoms with van der Waals surface area (Å²) < 4.78 is 13.2. The highest BCUT2D eigenvalue weighted by molar-refractivity contribution is 5.91. The standard InChI is InChI=1S/C12H11FO2/c1-7-4-9(13)6-11-8(5-12(14)15)2-3-10(7)11/h4-6H,2-3H2,1H3,(H,14,15). The number of hydrogen-bond donors (Lipinski definition) is 1. The summed E-state index contributed by atoms with van der Waals surface area (Å²) in [5, 5.41) is 8.67. The Morgan fingerprint density at radius 1 is 1.47 bits per heavy atom. The van der Waals surface area contributed by atoms with Gasteiger partial charge in [0.2, 0.25) is 0 Å². The Hall–Kier alpha value is -1.64. The molecule has 0 radical (unpaired) electrons. The minimum atomic E-state index is -0.972. The van der Waals surface area contributed by atoms with Crippen LogP contribution in [0.5, 0.6) is 0 Å². The molecule has 0 spiro atoms. The molecule has 2 nitrogen and oxygen atoms in total. The lowest BCUT2D eigenvalue weighted by Gasteiger charge is -2.04. The van der Waals surface area contributed by atoms with E-state index in [1.807, 2.05) is 6.92 Å². The van der Waals surface area contributed by atoms with Crippen molar-refractivity contribution in [3.63, 3.8) is 0 Å². The second kappa shape index (κ2) is 3.50. The molecule has 0 amide bonds. The van der Waals surface area contributed by atoms with Crippen LogP contribution in [0.3, 0.4) is 0 Å². The second-order valence-electron chi connectivity index (χ2n) is 3.76. The van der Waals surface area contributed by atoms with E-state index in [1.54, 1.807) is 0 Å². The van der Waals surface area contributed by atoms with E-state index in [9.17, 15) is 9.18 Å². The first-order chi connectivity index (χ1) is 7.08. The zero-order chi connectivity index (χ0) is 11.0. The minimum absolute atomic E-state index is 0.301. The molecule has 15 heavy (non-hydrogen) atoms. The Balaban J connectivity index is 2.55. The highest BCUT2D eigenvalue weighted by Crippen LogP contribution is 2.34. The Kier molecular flexibility index (Phi) is 2.31. The van der Waals surface area contributed by atoms with Gasteiger partial charge in [0, 0.05) is 6.08 Å². The highest BCUT2D eigenvalue weighted by atomic mass is 19.1. The maximum absolute atomic E-state index is 13.2. The summed E-state index contributed by atoms with van der Waals surface area (Å²) in [7, 11) is 0. The summed E-state index contributed by atoms with van der Waals surface area (Å²) >= 11 is 0. The maximum Gasteiger partial charge on any atom is 0.328 e. The molecular formula is C12H11FO2. The number of allylic oxidation sites excluding steroid dienone is 1. The van der Waals surface area contributed by atoms with Gasteiger partial charge >= 0.3 is 5.97 Å². The molecule has 0 atom stereocenters. The van der Waals surface area contributed by atoms with Crippen LogP contribution in [0.1, 0.15) is 23.1 Å². The van der Waals surface area contributed by atoms with Crippen molar-refractivity contribution >= 4 is 11.5 Å². The zero-order valence-corrected chi connectivity index (χ0v) is 8.38. The summed E-state index contributed by atoms with van der Waals surface area (Å²) in [6.45, 7) is 1.85. The van der Waals surface area contributed by atoms with Crippen LogP contribution in [0.15, 0.2) is 18.2 Å². The van der Waals surface area contributed by atoms with Gasteiger partial charge in [-0.25, -0.2) is 9.18 Å². The lowest BCUT2D eigenvalue weighted by molar-refractivity contribution is -0.131. The third-order valence-corrected chi connectivity index (χ3v) is 2.73. The Morgan fingerprint density at radius 2 is 2.20 bits per heavy atom. The van der Waals surface area contributed by atoms with Gasteiger partial charge in [0.15, 0.2) is 0 Å². The molecule has 1 N–H and O–H groups in total. The van der Waals surface area contributed by atoms with Gasteiger partial charge < -0.3 is 5.11 Å². The van der Waals surface area contributed by atoms with Crippen molar-refractivity contribution in [3.05, 3.63) is 40.7 Å². The van der Waals surface area contributed by atoms with E-state index in [0.717, 1.165) is 28.7 Å². The van der Waals surface area contributed by atoms with Crippen molar-refractivity contribution in [2.45, 2.75) is 19.8 Å². The van der Waals surface area contributed by atoms with E-state index in [0.29, 0.717) is 6.42 Å². The van der Waals surface area contributed by atoms with Crippen molar-refractivity contribution in [2.24, 2.45) is 0 Å². The largest absolute Gasteiger partial charge is 0.478 e. The van der Waals surface area contributed by atoms with E-state index in [2.05, 4.69) is 0 Å². The summed E-state index contributed by atoms with van der Waals surface area (Å²) in [4.78, 5) is 10.6. The van der Waals surface area contributed by atoms with E-state index in [-0.39, 0.29) is 5.82 Å². The molecule has 0 unspecified atom stereocenters. The Bertz CT molecular complexity index is 461. The van der Waals surface area contributed by atoms with Gasteiger partial charge in [-0.15, -0.1) is 0 Å². The number of carbonyl (C=O) groups is 1. The van der Waals surface area contributed by atoms with Gasteiger partial charge in [-0.05, 0) is 54.2 Å². The first kappa shape index (κ1) is 9.90. The number of aliphatic carboxylic acids is 1. The van der Waals surface area contributed by atoms with Crippen molar-refractivity contribution in [1.82, 2.24) is 0 Å². The SMILES string of the molecule is Cc1cc(F)cc2c1CCC2=CC(=O)O. The smallest absolute Gasteiger partial charge is 0.328 e. The summed E-state index contributed by atoms with van der Waals surface area (Å²) in [5.74, 6) is -1.27. The summed E-state index contributed by atoms with van der Waals surface area (Å²) in [5.41, 5.74) is 3.46.